The zero-order valence-corrected chi connectivity index (χ0v) is 12.7. The number of benzene rings is 1. The summed E-state index contributed by atoms with van der Waals surface area (Å²) in [5, 5.41) is 9.77. The highest BCUT2D eigenvalue weighted by Crippen LogP contribution is 2.61. The number of hydrogen-bond acceptors (Lipinski definition) is 3. The molecule has 21 heavy (non-hydrogen) atoms. The summed E-state index contributed by atoms with van der Waals surface area (Å²) in [4.78, 5) is 14.2. The summed E-state index contributed by atoms with van der Waals surface area (Å²) < 4.78 is 4.91. The van der Waals surface area contributed by atoms with Gasteiger partial charge >= 0.3 is 0 Å². The van der Waals surface area contributed by atoms with Crippen LogP contribution in [0.4, 0.5) is 0 Å². The van der Waals surface area contributed by atoms with Crippen LogP contribution in [0.3, 0.4) is 0 Å². The fourth-order valence-corrected chi connectivity index (χ4v) is 3.84. The van der Waals surface area contributed by atoms with E-state index in [1.807, 2.05) is 0 Å². The van der Waals surface area contributed by atoms with Crippen LogP contribution in [-0.4, -0.2) is 49.3 Å². The van der Waals surface area contributed by atoms with Gasteiger partial charge in [0.2, 0.25) is 5.91 Å². The minimum absolute atomic E-state index is 0.0775. The Morgan fingerprint density at radius 1 is 1.52 bits per heavy atom. The van der Waals surface area contributed by atoms with Gasteiger partial charge in [-0.1, -0.05) is 24.3 Å². The summed E-state index contributed by atoms with van der Waals surface area (Å²) in [6.07, 6.45) is 2.50. The van der Waals surface area contributed by atoms with Gasteiger partial charge in [-0.05, 0) is 30.4 Å². The predicted molar refractivity (Wildman–Crippen MR) is 80.1 cm³/mol. The van der Waals surface area contributed by atoms with Gasteiger partial charge in [0.05, 0.1) is 12.7 Å². The second-order valence-corrected chi connectivity index (χ2v) is 6.40. The Kier molecular flexibility index (Phi) is 3.76. The third-order valence-corrected chi connectivity index (χ3v) is 4.99. The number of aliphatic hydroxyl groups is 1. The van der Waals surface area contributed by atoms with Gasteiger partial charge in [0.15, 0.2) is 0 Å². The molecule has 3 rings (SSSR count). The van der Waals surface area contributed by atoms with E-state index in [1.165, 1.54) is 11.1 Å². The summed E-state index contributed by atoms with van der Waals surface area (Å²) in [5.41, 5.74) is 2.85. The number of aliphatic hydroxyl groups excluding tert-OH is 1. The van der Waals surface area contributed by atoms with Gasteiger partial charge in [0, 0.05) is 32.0 Å². The molecule has 4 heteroatoms. The largest absolute Gasteiger partial charge is 0.389 e. The molecule has 0 bridgehead atoms. The fraction of sp³-hybridized carbons (Fsp3) is 0.588. The van der Waals surface area contributed by atoms with E-state index in [4.69, 9.17) is 4.74 Å². The molecule has 0 radical (unpaired) electrons. The van der Waals surface area contributed by atoms with E-state index in [1.54, 1.807) is 19.1 Å². The smallest absolute Gasteiger partial charge is 0.226 e. The van der Waals surface area contributed by atoms with Crippen molar-refractivity contribution in [3.63, 3.8) is 0 Å². The molecule has 0 aliphatic heterocycles. The van der Waals surface area contributed by atoms with E-state index in [2.05, 4.69) is 24.3 Å². The number of carbonyl (C=O) groups is 1. The van der Waals surface area contributed by atoms with Crippen LogP contribution in [0, 0.1) is 5.92 Å². The number of likely N-dealkylation sites (N-methyl/N-ethyl adjacent to an activating group) is 1. The molecule has 1 aromatic carbocycles. The topological polar surface area (TPSA) is 49.8 Å². The minimum Gasteiger partial charge on any atom is -0.389 e. The van der Waals surface area contributed by atoms with Crippen molar-refractivity contribution in [3.8, 4) is 0 Å². The Morgan fingerprint density at radius 3 is 3.05 bits per heavy atom. The maximum absolute atomic E-state index is 12.6. The first-order chi connectivity index (χ1) is 10.1. The highest BCUT2D eigenvalue weighted by atomic mass is 16.5. The zero-order chi connectivity index (χ0) is 15.0. The predicted octanol–water partition coefficient (Wildman–Crippen LogP) is 1.36. The number of aryl methyl sites for hydroxylation is 1. The van der Waals surface area contributed by atoms with Gasteiger partial charge < -0.3 is 14.7 Å². The number of amides is 1. The number of fused-ring (bicyclic) bond motifs is 2. The standard InChI is InChI=1S/C17H23NO3/c1-18(10-13(19)11-21-2)16(20)15-9-17(15)8-7-12-5-3-4-6-14(12)17/h3-6,13,15,19H,7-11H2,1-2H3/t13-,15-,17+/m1/s1. The lowest BCUT2D eigenvalue weighted by atomic mass is 9.95. The van der Waals surface area contributed by atoms with Crippen molar-refractivity contribution in [3.05, 3.63) is 35.4 Å². The number of rotatable bonds is 5. The first kappa shape index (κ1) is 14.5. The number of methoxy groups -OCH3 is 1. The number of ether oxygens (including phenoxy) is 1. The molecule has 0 saturated heterocycles. The van der Waals surface area contributed by atoms with Crippen molar-refractivity contribution >= 4 is 5.91 Å². The van der Waals surface area contributed by atoms with Crippen LogP contribution in [0.2, 0.25) is 0 Å². The lowest BCUT2D eigenvalue weighted by Crippen LogP contribution is -2.38. The molecule has 1 aromatic rings. The first-order valence-electron chi connectivity index (χ1n) is 7.59. The van der Waals surface area contributed by atoms with Crippen LogP contribution in [0.5, 0.6) is 0 Å². The van der Waals surface area contributed by atoms with E-state index < -0.39 is 6.10 Å². The van der Waals surface area contributed by atoms with Crippen molar-refractivity contribution in [2.24, 2.45) is 5.92 Å². The summed E-state index contributed by atoms with van der Waals surface area (Å²) in [6, 6.07) is 8.49. The Labute approximate surface area is 125 Å². The van der Waals surface area contributed by atoms with E-state index in [9.17, 15) is 9.90 Å². The monoisotopic (exact) mass is 289 g/mol. The Balaban J connectivity index is 1.67. The minimum atomic E-state index is -0.616. The molecule has 2 aliphatic rings. The van der Waals surface area contributed by atoms with Crippen LogP contribution in [0.15, 0.2) is 24.3 Å². The average molecular weight is 289 g/mol. The van der Waals surface area contributed by atoms with Gasteiger partial charge in [0.25, 0.3) is 0 Å². The van der Waals surface area contributed by atoms with Crippen LogP contribution in [-0.2, 0) is 21.4 Å². The third-order valence-electron chi connectivity index (χ3n) is 4.99. The Morgan fingerprint density at radius 2 is 2.29 bits per heavy atom. The molecule has 0 unspecified atom stereocenters. The lowest BCUT2D eigenvalue weighted by Gasteiger charge is -2.22. The van der Waals surface area contributed by atoms with Crippen molar-refractivity contribution in [2.45, 2.75) is 30.8 Å². The van der Waals surface area contributed by atoms with Gasteiger partial charge in [-0.15, -0.1) is 0 Å². The fourth-order valence-electron chi connectivity index (χ4n) is 3.84. The third kappa shape index (κ3) is 2.47. The van der Waals surface area contributed by atoms with Crippen LogP contribution in [0.25, 0.3) is 0 Å². The Bertz CT molecular complexity index is 545. The number of carbonyl (C=O) groups excluding carboxylic acids is 1. The summed E-state index contributed by atoms with van der Waals surface area (Å²) in [7, 11) is 3.32. The molecule has 0 aromatic heterocycles. The molecule has 1 saturated carbocycles. The maximum Gasteiger partial charge on any atom is 0.226 e. The van der Waals surface area contributed by atoms with Crippen LogP contribution in [0.1, 0.15) is 24.0 Å². The molecule has 0 heterocycles. The van der Waals surface area contributed by atoms with Gasteiger partial charge in [-0.25, -0.2) is 0 Å². The summed E-state index contributed by atoms with van der Waals surface area (Å²) >= 11 is 0. The maximum atomic E-state index is 12.6. The first-order valence-corrected chi connectivity index (χ1v) is 7.59. The SMILES string of the molecule is COC[C@H](O)CN(C)C(=O)[C@H]1C[C@]12CCc1ccccc12. The van der Waals surface area contributed by atoms with Crippen molar-refractivity contribution in [2.75, 3.05) is 27.3 Å². The number of hydrogen-bond donors (Lipinski definition) is 1. The molecule has 1 fully saturated rings. The Hall–Kier alpha value is -1.39. The quantitative estimate of drug-likeness (QED) is 0.890. The van der Waals surface area contributed by atoms with Gasteiger partial charge in [0.1, 0.15) is 0 Å². The summed E-state index contributed by atoms with van der Waals surface area (Å²) in [6.45, 7) is 0.594. The van der Waals surface area contributed by atoms with E-state index in [0.29, 0.717) is 6.54 Å². The van der Waals surface area contributed by atoms with E-state index >= 15 is 0 Å². The number of nitrogens with zero attached hydrogens (tertiary/aromatic N) is 1. The van der Waals surface area contributed by atoms with Crippen molar-refractivity contribution in [1.29, 1.82) is 0 Å². The molecule has 1 amide bonds. The molecule has 3 atom stereocenters. The van der Waals surface area contributed by atoms with E-state index in [-0.39, 0.29) is 23.8 Å². The molecule has 114 valence electrons. The van der Waals surface area contributed by atoms with E-state index in [0.717, 1.165) is 19.3 Å². The van der Waals surface area contributed by atoms with Crippen molar-refractivity contribution in [1.82, 2.24) is 4.90 Å². The highest BCUT2D eigenvalue weighted by Gasteiger charge is 2.61. The molecular formula is C17H23NO3. The molecular weight excluding hydrogens is 266 g/mol. The lowest BCUT2D eigenvalue weighted by molar-refractivity contribution is -0.133. The highest BCUT2D eigenvalue weighted by molar-refractivity contribution is 5.85. The average Bonchev–Trinajstić information content (AvgIpc) is 3.08. The molecule has 1 spiro atoms. The second kappa shape index (κ2) is 5.43. The normalized spacial score (nSPS) is 27.5. The second-order valence-electron chi connectivity index (χ2n) is 6.40. The molecule has 1 N–H and O–H groups in total. The zero-order valence-electron chi connectivity index (χ0n) is 12.7. The molecule has 2 aliphatic carbocycles. The van der Waals surface area contributed by atoms with Gasteiger partial charge in [-0.3, -0.25) is 4.79 Å². The summed E-state index contributed by atoms with van der Waals surface area (Å²) in [5.74, 6) is 0.239. The van der Waals surface area contributed by atoms with Crippen LogP contribution < -0.4 is 0 Å². The molecule has 4 nitrogen and oxygen atoms in total. The van der Waals surface area contributed by atoms with Crippen LogP contribution >= 0.6 is 0 Å². The van der Waals surface area contributed by atoms with Gasteiger partial charge in [-0.2, -0.15) is 0 Å². The van der Waals surface area contributed by atoms with Crippen molar-refractivity contribution < 1.29 is 14.6 Å².